The summed E-state index contributed by atoms with van der Waals surface area (Å²) in [6, 6.07) is 9.29. The number of rotatable bonds is 5. The van der Waals surface area contributed by atoms with Gasteiger partial charge in [0, 0.05) is 6.54 Å². The average Bonchev–Trinajstić information content (AvgIpc) is 3.09. The molecule has 2 heterocycles. The van der Waals surface area contributed by atoms with Gasteiger partial charge < -0.3 is 10.1 Å². The maximum Gasteiger partial charge on any atom is 0.253 e. The van der Waals surface area contributed by atoms with Gasteiger partial charge in [-0.2, -0.15) is 4.31 Å². The summed E-state index contributed by atoms with van der Waals surface area (Å²) in [6.07, 6.45) is 1.98. The summed E-state index contributed by atoms with van der Waals surface area (Å²) >= 11 is 6.88. The number of hydrogen-bond donors (Lipinski definition) is 1. The van der Waals surface area contributed by atoms with Crippen molar-refractivity contribution in [3.8, 4) is 5.75 Å². The molecule has 140 valence electrons. The topological polar surface area (TPSA) is 75.7 Å². The summed E-state index contributed by atoms with van der Waals surface area (Å²) in [6.45, 7) is 0.307. The van der Waals surface area contributed by atoms with Crippen LogP contribution in [-0.4, -0.2) is 38.3 Å². The zero-order valence-corrected chi connectivity index (χ0v) is 16.5. The summed E-state index contributed by atoms with van der Waals surface area (Å²) in [7, 11) is -2.25. The number of benzene rings is 1. The predicted octanol–water partition coefficient (Wildman–Crippen LogP) is 3.59. The van der Waals surface area contributed by atoms with Gasteiger partial charge in [-0.25, -0.2) is 8.42 Å². The molecule has 2 aromatic rings. The number of para-hydroxylation sites is 2. The molecule has 1 aromatic heterocycles. The van der Waals surface area contributed by atoms with Gasteiger partial charge in [-0.3, -0.25) is 4.79 Å². The number of carbonyl (C=O) groups excluding carboxylic acids is 1. The van der Waals surface area contributed by atoms with Gasteiger partial charge in [-0.05, 0) is 37.1 Å². The van der Waals surface area contributed by atoms with E-state index in [0.717, 1.165) is 24.2 Å². The molecule has 1 amide bonds. The zero-order chi connectivity index (χ0) is 18.7. The minimum absolute atomic E-state index is 0.152. The van der Waals surface area contributed by atoms with E-state index in [-0.39, 0.29) is 10.1 Å². The van der Waals surface area contributed by atoms with E-state index in [1.54, 1.807) is 30.3 Å². The van der Waals surface area contributed by atoms with Crippen molar-refractivity contribution >= 4 is 44.6 Å². The Bertz CT molecular complexity index is 898. The standard InChI is InChI=1S/C17H19ClN2O4S2/c1-24-14-8-3-2-6-12(14)19-17(21)13-7-4-5-11-20(13)26(22,23)16-10-9-15(18)25-16/h2-3,6,8-10,13H,4-5,7,11H2,1H3,(H,19,21). The molecule has 1 atom stereocenters. The number of nitrogens with zero attached hydrogens (tertiary/aromatic N) is 1. The Kier molecular flexibility index (Phi) is 5.86. The lowest BCUT2D eigenvalue weighted by Gasteiger charge is -2.33. The van der Waals surface area contributed by atoms with Gasteiger partial charge in [-0.15, -0.1) is 11.3 Å². The van der Waals surface area contributed by atoms with Crippen molar-refractivity contribution in [3.63, 3.8) is 0 Å². The van der Waals surface area contributed by atoms with Crippen molar-refractivity contribution in [1.82, 2.24) is 4.31 Å². The van der Waals surface area contributed by atoms with Gasteiger partial charge in [0.1, 0.15) is 16.0 Å². The maximum absolute atomic E-state index is 13.0. The van der Waals surface area contributed by atoms with Gasteiger partial charge in [0.05, 0.1) is 17.1 Å². The van der Waals surface area contributed by atoms with E-state index >= 15 is 0 Å². The molecule has 0 saturated carbocycles. The third kappa shape index (κ3) is 3.88. The molecule has 26 heavy (non-hydrogen) atoms. The van der Waals surface area contributed by atoms with Crippen LogP contribution in [0.4, 0.5) is 5.69 Å². The van der Waals surface area contributed by atoms with Crippen LogP contribution in [0.15, 0.2) is 40.6 Å². The first-order valence-corrected chi connectivity index (χ1v) is 10.8. The monoisotopic (exact) mass is 414 g/mol. The van der Waals surface area contributed by atoms with E-state index in [9.17, 15) is 13.2 Å². The number of hydrogen-bond acceptors (Lipinski definition) is 5. The molecule has 3 rings (SSSR count). The lowest BCUT2D eigenvalue weighted by Crippen LogP contribution is -2.49. The minimum atomic E-state index is -3.77. The third-order valence-electron chi connectivity index (χ3n) is 4.23. The molecule has 0 bridgehead atoms. The van der Waals surface area contributed by atoms with E-state index in [1.165, 1.54) is 17.5 Å². The number of sulfonamides is 1. The number of carbonyl (C=O) groups is 1. The van der Waals surface area contributed by atoms with Gasteiger partial charge in [0.15, 0.2) is 0 Å². The summed E-state index contributed by atoms with van der Waals surface area (Å²) in [4.78, 5) is 12.8. The van der Waals surface area contributed by atoms with Crippen LogP contribution in [0, 0.1) is 0 Å². The van der Waals surface area contributed by atoms with Gasteiger partial charge in [0.25, 0.3) is 10.0 Å². The Hall–Kier alpha value is -1.61. The minimum Gasteiger partial charge on any atom is -0.495 e. The highest BCUT2D eigenvalue weighted by Gasteiger charge is 2.38. The Labute approximate surface area is 161 Å². The highest BCUT2D eigenvalue weighted by Crippen LogP contribution is 2.32. The maximum atomic E-state index is 13.0. The molecule has 6 nitrogen and oxygen atoms in total. The number of halogens is 1. The zero-order valence-electron chi connectivity index (χ0n) is 14.1. The van der Waals surface area contributed by atoms with Crippen LogP contribution in [0.1, 0.15) is 19.3 Å². The lowest BCUT2D eigenvalue weighted by atomic mass is 10.0. The molecular formula is C17H19ClN2O4S2. The fourth-order valence-corrected chi connectivity index (χ4v) is 6.24. The molecule has 1 aliphatic heterocycles. The SMILES string of the molecule is COc1ccccc1NC(=O)C1CCCCN1S(=O)(=O)c1ccc(Cl)s1. The van der Waals surface area contributed by atoms with Crippen LogP contribution in [0.25, 0.3) is 0 Å². The number of nitrogens with one attached hydrogen (secondary N) is 1. The van der Waals surface area contributed by atoms with Gasteiger partial charge >= 0.3 is 0 Å². The second-order valence-corrected chi connectivity index (χ2v) is 9.71. The molecule has 1 aromatic carbocycles. The highest BCUT2D eigenvalue weighted by molar-refractivity contribution is 7.91. The van der Waals surface area contributed by atoms with Crippen LogP contribution in [0.2, 0.25) is 4.34 Å². The first-order valence-electron chi connectivity index (χ1n) is 8.14. The Morgan fingerprint density at radius 3 is 2.73 bits per heavy atom. The quantitative estimate of drug-likeness (QED) is 0.811. The number of piperidine rings is 1. The van der Waals surface area contributed by atoms with Crippen LogP contribution >= 0.6 is 22.9 Å². The number of methoxy groups -OCH3 is 1. The summed E-state index contributed by atoms with van der Waals surface area (Å²) in [5, 5.41) is 2.80. The normalized spacial score (nSPS) is 18.5. The second kappa shape index (κ2) is 7.96. The van der Waals surface area contributed by atoms with E-state index in [1.807, 2.05) is 0 Å². The molecule has 9 heteroatoms. The first kappa shape index (κ1) is 19.2. The smallest absolute Gasteiger partial charge is 0.253 e. The van der Waals surface area contributed by atoms with Crippen molar-refractivity contribution in [2.45, 2.75) is 29.5 Å². The average molecular weight is 415 g/mol. The summed E-state index contributed by atoms with van der Waals surface area (Å²) < 4.78 is 33.0. The largest absolute Gasteiger partial charge is 0.495 e. The van der Waals surface area contributed by atoms with Crippen molar-refractivity contribution in [3.05, 3.63) is 40.7 Å². The van der Waals surface area contributed by atoms with Crippen molar-refractivity contribution < 1.29 is 17.9 Å². The Balaban J connectivity index is 1.86. The molecule has 1 aliphatic rings. The molecule has 1 saturated heterocycles. The van der Waals surface area contributed by atoms with Crippen LogP contribution in [0.3, 0.4) is 0 Å². The molecule has 1 fully saturated rings. The van der Waals surface area contributed by atoms with E-state index in [2.05, 4.69) is 5.32 Å². The molecule has 0 spiro atoms. The molecule has 1 N–H and O–H groups in total. The fraction of sp³-hybridized carbons (Fsp3) is 0.353. The summed E-state index contributed by atoms with van der Waals surface area (Å²) in [5.41, 5.74) is 0.516. The van der Waals surface area contributed by atoms with E-state index < -0.39 is 16.1 Å². The first-order chi connectivity index (χ1) is 12.4. The number of ether oxygens (including phenoxy) is 1. The predicted molar refractivity (Wildman–Crippen MR) is 102 cm³/mol. The van der Waals surface area contributed by atoms with Crippen LogP contribution < -0.4 is 10.1 Å². The molecule has 0 aliphatic carbocycles. The third-order valence-corrected chi connectivity index (χ3v) is 7.84. The summed E-state index contributed by atoms with van der Waals surface area (Å²) in [5.74, 6) is 0.163. The van der Waals surface area contributed by atoms with Crippen molar-refractivity contribution in [2.24, 2.45) is 0 Å². The number of anilines is 1. The Morgan fingerprint density at radius 2 is 2.04 bits per heavy atom. The fourth-order valence-electron chi connectivity index (χ4n) is 2.97. The number of amides is 1. The van der Waals surface area contributed by atoms with Crippen molar-refractivity contribution in [1.29, 1.82) is 0 Å². The van der Waals surface area contributed by atoms with E-state index in [0.29, 0.717) is 28.7 Å². The highest BCUT2D eigenvalue weighted by atomic mass is 35.5. The molecule has 1 unspecified atom stereocenters. The van der Waals surface area contributed by atoms with E-state index in [4.69, 9.17) is 16.3 Å². The lowest BCUT2D eigenvalue weighted by molar-refractivity contribution is -0.120. The number of thiophene rings is 1. The molecule has 0 radical (unpaired) electrons. The van der Waals surface area contributed by atoms with Crippen molar-refractivity contribution in [2.75, 3.05) is 19.0 Å². The second-order valence-electron chi connectivity index (χ2n) is 5.88. The molecular weight excluding hydrogens is 396 g/mol. The van der Waals surface area contributed by atoms with Crippen LogP contribution in [0.5, 0.6) is 5.75 Å². The van der Waals surface area contributed by atoms with Gasteiger partial charge in [0.2, 0.25) is 5.91 Å². The Morgan fingerprint density at radius 1 is 1.27 bits per heavy atom. The van der Waals surface area contributed by atoms with Gasteiger partial charge in [-0.1, -0.05) is 30.2 Å². The van der Waals surface area contributed by atoms with Crippen LogP contribution in [-0.2, 0) is 14.8 Å².